The first-order valence-electron chi connectivity index (χ1n) is 7.36. The summed E-state index contributed by atoms with van der Waals surface area (Å²) in [4.78, 5) is 14.3. The maximum atomic E-state index is 12.1. The van der Waals surface area contributed by atoms with Crippen molar-refractivity contribution in [3.8, 4) is 6.07 Å². The number of benzene rings is 1. The second-order valence-corrected chi connectivity index (χ2v) is 5.69. The summed E-state index contributed by atoms with van der Waals surface area (Å²) in [5.74, 6) is 0.466. The first kappa shape index (κ1) is 15.5. The highest BCUT2D eigenvalue weighted by Crippen LogP contribution is 2.21. The molecule has 1 saturated heterocycles. The van der Waals surface area contributed by atoms with E-state index in [9.17, 15) is 4.79 Å². The van der Waals surface area contributed by atoms with Crippen LogP contribution in [0.3, 0.4) is 0 Å². The van der Waals surface area contributed by atoms with Crippen LogP contribution < -0.4 is 11.1 Å². The van der Waals surface area contributed by atoms with Gasteiger partial charge >= 0.3 is 0 Å². The highest BCUT2D eigenvalue weighted by molar-refractivity contribution is 5.92. The number of amides is 1. The summed E-state index contributed by atoms with van der Waals surface area (Å²) in [7, 11) is 0. The Balaban J connectivity index is 1.89. The lowest BCUT2D eigenvalue weighted by molar-refractivity contribution is -0.118. The van der Waals surface area contributed by atoms with E-state index in [1.165, 1.54) is 0 Å². The first-order chi connectivity index (χ1) is 10.1. The topological polar surface area (TPSA) is 82.2 Å². The summed E-state index contributed by atoms with van der Waals surface area (Å²) in [6.07, 6.45) is 2.23. The molecule has 1 aliphatic rings. The summed E-state index contributed by atoms with van der Waals surface area (Å²) in [5.41, 5.74) is 7.05. The molecule has 112 valence electrons. The van der Waals surface area contributed by atoms with E-state index in [-0.39, 0.29) is 5.91 Å². The number of hydrogen-bond donors (Lipinski definition) is 2. The number of likely N-dealkylation sites (tertiary alicyclic amines) is 1. The Labute approximate surface area is 125 Å². The van der Waals surface area contributed by atoms with Gasteiger partial charge in [0.15, 0.2) is 0 Å². The van der Waals surface area contributed by atoms with Crippen LogP contribution in [0.15, 0.2) is 24.3 Å². The Morgan fingerprint density at radius 1 is 1.43 bits per heavy atom. The van der Waals surface area contributed by atoms with E-state index < -0.39 is 0 Å². The third kappa shape index (κ3) is 4.28. The molecule has 2 atom stereocenters. The summed E-state index contributed by atoms with van der Waals surface area (Å²) in [6, 6.07) is 9.37. The molecular weight excluding hydrogens is 264 g/mol. The second kappa shape index (κ2) is 7.21. The Morgan fingerprint density at radius 2 is 2.14 bits per heavy atom. The fraction of sp³-hybridized carbons (Fsp3) is 0.500. The van der Waals surface area contributed by atoms with Crippen LogP contribution >= 0.6 is 0 Å². The monoisotopic (exact) mass is 286 g/mol. The molecule has 1 amide bonds. The quantitative estimate of drug-likeness (QED) is 0.880. The van der Waals surface area contributed by atoms with Crippen molar-refractivity contribution >= 4 is 11.6 Å². The molecule has 2 unspecified atom stereocenters. The lowest BCUT2D eigenvalue weighted by Crippen LogP contribution is -2.47. The maximum Gasteiger partial charge on any atom is 0.238 e. The predicted octanol–water partition coefficient (Wildman–Crippen LogP) is 1.56. The molecule has 1 aliphatic heterocycles. The fourth-order valence-electron chi connectivity index (χ4n) is 2.69. The van der Waals surface area contributed by atoms with E-state index in [1.807, 2.05) is 0 Å². The average Bonchev–Trinajstić information content (AvgIpc) is 2.50. The van der Waals surface area contributed by atoms with Crippen LogP contribution in [0.25, 0.3) is 0 Å². The first-order valence-corrected chi connectivity index (χ1v) is 7.36. The number of rotatable bonds is 4. The predicted molar refractivity (Wildman–Crippen MR) is 82.6 cm³/mol. The maximum absolute atomic E-state index is 12.1. The third-order valence-corrected chi connectivity index (χ3v) is 4.09. The van der Waals surface area contributed by atoms with Crippen molar-refractivity contribution in [1.82, 2.24) is 4.90 Å². The molecule has 5 nitrogen and oxygen atoms in total. The molecule has 0 radical (unpaired) electrons. The van der Waals surface area contributed by atoms with Crippen LogP contribution in [0.1, 0.15) is 25.3 Å². The van der Waals surface area contributed by atoms with Crippen LogP contribution in [0.2, 0.25) is 0 Å². The van der Waals surface area contributed by atoms with E-state index in [1.54, 1.807) is 24.3 Å². The molecule has 1 aromatic carbocycles. The van der Waals surface area contributed by atoms with Crippen molar-refractivity contribution < 1.29 is 4.79 Å². The minimum absolute atomic E-state index is 0.0239. The van der Waals surface area contributed by atoms with Crippen LogP contribution in [0.4, 0.5) is 5.69 Å². The van der Waals surface area contributed by atoms with E-state index >= 15 is 0 Å². The number of nitrogens with two attached hydrogens (primary N) is 1. The normalized spacial score (nSPS) is 22.5. The largest absolute Gasteiger partial charge is 0.330 e. The number of hydrogen-bond acceptors (Lipinski definition) is 4. The Hall–Kier alpha value is -1.90. The zero-order valence-corrected chi connectivity index (χ0v) is 12.4. The molecule has 2 rings (SSSR count). The number of anilines is 1. The van der Waals surface area contributed by atoms with Gasteiger partial charge in [-0.25, -0.2) is 0 Å². The van der Waals surface area contributed by atoms with Gasteiger partial charge in [-0.05, 0) is 56.5 Å². The zero-order chi connectivity index (χ0) is 15.2. The number of carbonyl (C=O) groups excluding carboxylic acids is 1. The van der Waals surface area contributed by atoms with Crippen molar-refractivity contribution in [1.29, 1.82) is 5.26 Å². The number of piperidine rings is 1. The fourth-order valence-corrected chi connectivity index (χ4v) is 2.69. The molecule has 1 aromatic rings. The van der Waals surface area contributed by atoms with Gasteiger partial charge in [-0.3, -0.25) is 9.69 Å². The van der Waals surface area contributed by atoms with E-state index in [0.29, 0.717) is 30.6 Å². The number of carbonyl (C=O) groups is 1. The van der Waals surface area contributed by atoms with Crippen LogP contribution in [-0.2, 0) is 4.79 Å². The summed E-state index contributed by atoms with van der Waals surface area (Å²) < 4.78 is 0. The molecule has 1 fully saturated rings. The molecule has 21 heavy (non-hydrogen) atoms. The Morgan fingerprint density at radius 3 is 2.76 bits per heavy atom. The number of nitrogens with zero attached hydrogens (tertiary/aromatic N) is 2. The standard InChI is InChI=1S/C16H22N4O/c1-12-2-3-14(9-18)10-20(12)11-16(21)19-15-6-4-13(8-17)5-7-15/h4-7,12,14H,2-3,9-11,18H2,1H3,(H,19,21). The van der Waals surface area contributed by atoms with Gasteiger partial charge in [-0.15, -0.1) is 0 Å². The SMILES string of the molecule is CC1CCC(CN)CN1CC(=O)Nc1ccc(C#N)cc1. The minimum atomic E-state index is -0.0239. The third-order valence-electron chi connectivity index (χ3n) is 4.09. The molecule has 0 aliphatic carbocycles. The van der Waals surface area contributed by atoms with Crippen LogP contribution in [0, 0.1) is 17.2 Å². The van der Waals surface area contributed by atoms with Crippen molar-refractivity contribution in [3.63, 3.8) is 0 Å². The molecule has 0 aromatic heterocycles. The second-order valence-electron chi connectivity index (χ2n) is 5.69. The molecule has 3 N–H and O–H groups in total. The molecule has 5 heteroatoms. The molecule has 1 heterocycles. The van der Waals surface area contributed by atoms with E-state index in [2.05, 4.69) is 23.2 Å². The van der Waals surface area contributed by atoms with Gasteiger partial charge in [-0.2, -0.15) is 5.26 Å². The van der Waals surface area contributed by atoms with Gasteiger partial charge in [0.05, 0.1) is 18.2 Å². The van der Waals surface area contributed by atoms with Gasteiger partial charge in [0.2, 0.25) is 5.91 Å². The van der Waals surface area contributed by atoms with Gasteiger partial charge in [0.1, 0.15) is 0 Å². The Kier molecular flexibility index (Phi) is 5.32. The molecule has 0 saturated carbocycles. The van der Waals surface area contributed by atoms with Crippen molar-refractivity contribution in [3.05, 3.63) is 29.8 Å². The van der Waals surface area contributed by atoms with Gasteiger partial charge in [-0.1, -0.05) is 0 Å². The summed E-state index contributed by atoms with van der Waals surface area (Å²) in [5, 5.41) is 11.6. The van der Waals surface area contributed by atoms with Crippen molar-refractivity contribution in [2.75, 3.05) is 25.0 Å². The number of nitrogens with one attached hydrogen (secondary N) is 1. The average molecular weight is 286 g/mol. The van der Waals surface area contributed by atoms with Crippen LogP contribution in [-0.4, -0.2) is 36.5 Å². The molecule has 0 bridgehead atoms. The van der Waals surface area contributed by atoms with Crippen LogP contribution in [0.5, 0.6) is 0 Å². The lowest BCUT2D eigenvalue weighted by atomic mass is 9.93. The molecular formula is C16H22N4O. The van der Waals surface area contributed by atoms with Gasteiger partial charge in [0, 0.05) is 18.3 Å². The lowest BCUT2D eigenvalue weighted by Gasteiger charge is -2.37. The van der Waals surface area contributed by atoms with Crippen molar-refractivity contribution in [2.24, 2.45) is 11.7 Å². The van der Waals surface area contributed by atoms with Gasteiger partial charge < -0.3 is 11.1 Å². The smallest absolute Gasteiger partial charge is 0.238 e. The highest BCUT2D eigenvalue weighted by Gasteiger charge is 2.25. The zero-order valence-electron chi connectivity index (χ0n) is 12.4. The minimum Gasteiger partial charge on any atom is -0.330 e. The van der Waals surface area contributed by atoms with Crippen molar-refractivity contribution in [2.45, 2.75) is 25.8 Å². The summed E-state index contributed by atoms with van der Waals surface area (Å²) >= 11 is 0. The highest BCUT2D eigenvalue weighted by atomic mass is 16.2. The molecule has 0 spiro atoms. The number of nitriles is 1. The van der Waals surface area contributed by atoms with E-state index in [4.69, 9.17) is 11.0 Å². The van der Waals surface area contributed by atoms with Gasteiger partial charge in [0.25, 0.3) is 0 Å². The Bertz CT molecular complexity index is 520. The van der Waals surface area contributed by atoms with E-state index in [0.717, 1.165) is 25.1 Å². The summed E-state index contributed by atoms with van der Waals surface area (Å²) in [6.45, 7) is 4.11.